The maximum atomic E-state index is 14.1. The smallest absolute Gasteiger partial charge is 0.408 e. The molecule has 3 unspecified atom stereocenters. The zero-order chi connectivity index (χ0) is 27.0. The Morgan fingerprint density at radius 3 is 2.17 bits per heavy atom. The van der Waals surface area contributed by atoms with Crippen molar-refractivity contribution in [2.75, 3.05) is 6.54 Å². The number of alkyl carbamates (subject to hydrolysis) is 1. The summed E-state index contributed by atoms with van der Waals surface area (Å²) in [5.74, 6) is -0.676. The molecule has 7 nitrogen and oxygen atoms in total. The van der Waals surface area contributed by atoms with Crippen LogP contribution in [0.25, 0.3) is 0 Å². The maximum Gasteiger partial charge on any atom is 0.408 e. The highest BCUT2D eigenvalue weighted by Gasteiger charge is 2.38. The Hall–Kier alpha value is -2.57. The van der Waals surface area contributed by atoms with Gasteiger partial charge in [-0.3, -0.25) is 9.59 Å². The highest BCUT2D eigenvalue weighted by molar-refractivity contribution is 5.92. The lowest BCUT2D eigenvalue weighted by Gasteiger charge is -2.37. The summed E-state index contributed by atoms with van der Waals surface area (Å²) < 4.78 is 5.45. The molecule has 0 radical (unpaired) electrons. The number of benzene rings is 1. The Kier molecular flexibility index (Phi) is 11.3. The predicted molar refractivity (Wildman–Crippen MR) is 141 cm³/mol. The first-order chi connectivity index (χ1) is 16.1. The molecule has 35 heavy (non-hydrogen) atoms. The molecular weight excluding hydrogens is 442 g/mol. The SMILES string of the molecule is CCCCN(C(=O)C(NC(=O)OC(C)(C)C)C(C)CC)C(C(=O)NC(C)(C)C)c1cccc(C)c1. The average Bonchev–Trinajstić information content (AvgIpc) is 2.71. The molecule has 0 aliphatic carbocycles. The van der Waals surface area contributed by atoms with Crippen molar-refractivity contribution in [1.29, 1.82) is 0 Å². The van der Waals surface area contributed by atoms with Crippen LogP contribution in [0.1, 0.15) is 98.7 Å². The quantitative estimate of drug-likeness (QED) is 0.453. The van der Waals surface area contributed by atoms with Gasteiger partial charge in [0, 0.05) is 12.1 Å². The molecule has 0 aliphatic rings. The van der Waals surface area contributed by atoms with Crippen molar-refractivity contribution in [2.24, 2.45) is 5.92 Å². The van der Waals surface area contributed by atoms with E-state index in [1.54, 1.807) is 25.7 Å². The van der Waals surface area contributed by atoms with E-state index in [9.17, 15) is 14.4 Å². The minimum absolute atomic E-state index is 0.150. The van der Waals surface area contributed by atoms with Crippen molar-refractivity contribution >= 4 is 17.9 Å². The third kappa shape index (κ3) is 10.3. The summed E-state index contributed by atoms with van der Waals surface area (Å²) in [6.45, 7) is 19.4. The summed E-state index contributed by atoms with van der Waals surface area (Å²) in [6, 6.07) is 6.05. The number of nitrogens with zero attached hydrogens (tertiary/aromatic N) is 1. The molecule has 198 valence electrons. The Balaban J connectivity index is 3.52. The molecule has 0 aliphatic heterocycles. The van der Waals surface area contributed by atoms with E-state index >= 15 is 0 Å². The van der Waals surface area contributed by atoms with Crippen molar-refractivity contribution in [1.82, 2.24) is 15.5 Å². The minimum atomic E-state index is -0.819. The molecule has 7 heteroatoms. The summed E-state index contributed by atoms with van der Waals surface area (Å²) in [5.41, 5.74) is 0.593. The molecule has 2 N–H and O–H groups in total. The van der Waals surface area contributed by atoms with Gasteiger partial charge in [-0.1, -0.05) is 63.4 Å². The van der Waals surface area contributed by atoms with Gasteiger partial charge in [0.1, 0.15) is 17.7 Å². The van der Waals surface area contributed by atoms with Crippen LogP contribution in [0.3, 0.4) is 0 Å². The largest absolute Gasteiger partial charge is 0.444 e. The lowest BCUT2D eigenvalue weighted by atomic mass is 9.94. The Morgan fingerprint density at radius 1 is 1.06 bits per heavy atom. The van der Waals surface area contributed by atoms with E-state index in [1.165, 1.54) is 0 Å². The number of ether oxygens (including phenoxy) is 1. The second-order valence-electron chi connectivity index (χ2n) is 11.5. The number of carbonyl (C=O) groups excluding carboxylic acids is 3. The van der Waals surface area contributed by atoms with Crippen molar-refractivity contribution in [2.45, 2.75) is 112 Å². The van der Waals surface area contributed by atoms with Crippen LogP contribution in [0.4, 0.5) is 4.79 Å². The van der Waals surface area contributed by atoms with E-state index in [2.05, 4.69) is 10.6 Å². The van der Waals surface area contributed by atoms with Crippen LogP contribution in [0.15, 0.2) is 24.3 Å². The molecule has 3 atom stereocenters. The van der Waals surface area contributed by atoms with Gasteiger partial charge in [-0.15, -0.1) is 0 Å². The Morgan fingerprint density at radius 2 is 1.69 bits per heavy atom. The fraction of sp³-hybridized carbons (Fsp3) is 0.679. The Bertz CT molecular complexity index is 854. The van der Waals surface area contributed by atoms with Crippen LogP contribution in [0.2, 0.25) is 0 Å². The normalized spacial score (nSPS) is 14.5. The van der Waals surface area contributed by atoms with E-state index in [0.717, 1.165) is 24.0 Å². The molecule has 1 aromatic rings. The molecule has 3 amide bonds. The van der Waals surface area contributed by atoms with Crippen LogP contribution in [-0.4, -0.2) is 46.5 Å². The monoisotopic (exact) mass is 489 g/mol. The lowest BCUT2D eigenvalue weighted by Crippen LogP contribution is -2.56. The summed E-state index contributed by atoms with van der Waals surface area (Å²) >= 11 is 0. The highest BCUT2D eigenvalue weighted by Crippen LogP contribution is 2.26. The van der Waals surface area contributed by atoms with E-state index in [1.807, 2.05) is 72.7 Å². The van der Waals surface area contributed by atoms with Crippen molar-refractivity contribution in [3.05, 3.63) is 35.4 Å². The van der Waals surface area contributed by atoms with Gasteiger partial charge in [-0.25, -0.2) is 4.79 Å². The van der Waals surface area contributed by atoms with Crippen molar-refractivity contribution in [3.8, 4) is 0 Å². The Labute approximate surface area is 212 Å². The molecule has 0 heterocycles. The molecule has 0 spiro atoms. The third-order valence-corrected chi connectivity index (χ3v) is 5.60. The van der Waals surface area contributed by atoms with Gasteiger partial charge in [0.2, 0.25) is 11.8 Å². The number of hydrogen-bond donors (Lipinski definition) is 2. The molecular formula is C28H47N3O4. The average molecular weight is 490 g/mol. The number of carbonyl (C=O) groups is 3. The minimum Gasteiger partial charge on any atom is -0.444 e. The van der Waals surface area contributed by atoms with Gasteiger partial charge in [0.25, 0.3) is 0 Å². The summed E-state index contributed by atoms with van der Waals surface area (Å²) in [5, 5.41) is 5.86. The number of aryl methyl sites for hydroxylation is 1. The second-order valence-corrected chi connectivity index (χ2v) is 11.5. The number of hydrogen-bond acceptors (Lipinski definition) is 4. The first kappa shape index (κ1) is 30.5. The van der Waals surface area contributed by atoms with Gasteiger partial charge < -0.3 is 20.3 Å². The topological polar surface area (TPSA) is 87.7 Å². The fourth-order valence-electron chi connectivity index (χ4n) is 3.74. The van der Waals surface area contributed by atoms with Gasteiger partial charge >= 0.3 is 6.09 Å². The van der Waals surface area contributed by atoms with Crippen LogP contribution >= 0.6 is 0 Å². The second kappa shape index (κ2) is 12.9. The van der Waals surface area contributed by atoms with Crippen molar-refractivity contribution in [3.63, 3.8) is 0 Å². The standard InChI is InChI=1S/C28H47N3O4/c1-11-13-17-31(25(33)22(20(4)12-2)29-26(34)35-28(8,9)10)23(24(32)30-27(5,6)7)21-16-14-15-19(3)18-21/h14-16,18,20,22-23H,11-13,17H2,1-10H3,(H,29,34)(H,30,32). The number of nitrogens with one attached hydrogen (secondary N) is 2. The summed E-state index contributed by atoms with van der Waals surface area (Å²) in [4.78, 5) is 42.0. The number of unbranched alkanes of at least 4 members (excludes halogenated alkanes) is 1. The zero-order valence-corrected chi connectivity index (χ0v) is 23.5. The van der Waals surface area contributed by atoms with E-state index in [4.69, 9.17) is 4.74 Å². The maximum absolute atomic E-state index is 14.1. The first-order valence-corrected chi connectivity index (χ1v) is 12.8. The van der Waals surface area contributed by atoms with E-state index in [0.29, 0.717) is 13.0 Å². The molecule has 1 rings (SSSR count). The van der Waals surface area contributed by atoms with Gasteiger partial charge in [-0.05, 0) is 66.4 Å². The van der Waals surface area contributed by atoms with Gasteiger partial charge in [-0.2, -0.15) is 0 Å². The molecule has 0 bridgehead atoms. The third-order valence-electron chi connectivity index (χ3n) is 5.60. The molecule has 0 saturated carbocycles. The summed E-state index contributed by atoms with van der Waals surface area (Å²) in [7, 11) is 0. The lowest BCUT2D eigenvalue weighted by molar-refractivity contribution is -0.144. The highest BCUT2D eigenvalue weighted by atomic mass is 16.6. The molecule has 0 aromatic heterocycles. The van der Waals surface area contributed by atoms with Crippen LogP contribution < -0.4 is 10.6 Å². The van der Waals surface area contributed by atoms with E-state index in [-0.39, 0.29) is 17.7 Å². The van der Waals surface area contributed by atoms with Gasteiger partial charge in [0.15, 0.2) is 0 Å². The molecule has 0 fully saturated rings. The van der Waals surface area contributed by atoms with Crippen LogP contribution in [0, 0.1) is 12.8 Å². The van der Waals surface area contributed by atoms with E-state index < -0.39 is 29.3 Å². The first-order valence-electron chi connectivity index (χ1n) is 12.8. The molecule has 0 saturated heterocycles. The van der Waals surface area contributed by atoms with Crippen molar-refractivity contribution < 1.29 is 19.1 Å². The summed E-state index contributed by atoms with van der Waals surface area (Å²) in [6.07, 6.45) is 1.63. The van der Waals surface area contributed by atoms with Gasteiger partial charge in [0.05, 0.1) is 0 Å². The predicted octanol–water partition coefficient (Wildman–Crippen LogP) is 5.52. The number of rotatable bonds is 10. The zero-order valence-electron chi connectivity index (χ0n) is 23.5. The molecule has 1 aromatic carbocycles. The van der Waals surface area contributed by atoms with Crippen LogP contribution in [-0.2, 0) is 14.3 Å². The fourth-order valence-corrected chi connectivity index (χ4v) is 3.74. The number of amides is 3. The van der Waals surface area contributed by atoms with Crippen LogP contribution in [0.5, 0.6) is 0 Å².